The van der Waals surface area contributed by atoms with Gasteiger partial charge >= 0.3 is 0 Å². The topological polar surface area (TPSA) is 72.9 Å². The molecular weight excluding hydrogens is 367 g/mol. The summed E-state index contributed by atoms with van der Waals surface area (Å²) >= 11 is 0. The van der Waals surface area contributed by atoms with Gasteiger partial charge in [0.05, 0.1) is 0 Å². The molecule has 1 aliphatic rings. The number of aryl methyl sites for hydroxylation is 1. The second-order valence-electron chi connectivity index (χ2n) is 7.25. The van der Waals surface area contributed by atoms with E-state index in [4.69, 9.17) is 5.73 Å². The number of hydrogen-bond acceptors (Lipinski definition) is 3. The van der Waals surface area contributed by atoms with Gasteiger partial charge in [-0.2, -0.15) is 5.10 Å². The molecule has 0 saturated heterocycles. The number of nitrogens with one attached hydrogen (secondary N) is 1. The molecule has 0 unspecified atom stereocenters. The second-order valence-corrected chi connectivity index (χ2v) is 7.25. The Morgan fingerprint density at radius 1 is 1.33 bits per heavy atom. The maximum absolute atomic E-state index is 14.4. The molecule has 1 aliphatic carbocycles. The van der Waals surface area contributed by atoms with Crippen molar-refractivity contribution in [1.29, 1.82) is 0 Å². The molecule has 0 bridgehead atoms. The predicted octanol–water partition coefficient (Wildman–Crippen LogP) is 3.48. The van der Waals surface area contributed by atoms with Crippen LogP contribution in [-0.4, -0.2) is 27.8 Å². The van der Waals surface area contributed by atoms with Crippen LogP contribution < -0.4 is 11.1 Å². The average molecular weight is 395 g/mol. The summed E-state index contributed by atoms with van der Waals surface area (Å²) in [5.74, 6) is -0.557. The average Bonchev–Trinajstić information content (AvgIpc) is 3.22. The molecule has 0 spiro atoms. The molecular formula is C20H28ClFN4O. The monoisotopic (exact) mass is 394 g/mol. The van der Waals surface area contributed by atoms with Crippen LogP contribution in [0.5, 0.6) is 0 Å². The first-order valence-electron chi connectivity index (χ1n) is 9.33. The Morgan fingerprint density at radius 2 is 2.04 bits per heavy atom. The van der Waals surface area contributed by atoms with Crippen LogP contribution in [0.25, 0.3) is 5.69 Å². The number of benzene rings is 1. The highest BCUT2D eigenvalue weighted by atomic mass is 35.5. The molecule has 148 valence electrons. The lowest BCUT2D eigenvalue weighted by Gasteiger charge is -2.26. The summed E-state index contributed by atoms with van der Waals surface area (Å²) in [4.78, 5) is 12.7. The summed E-state index contributed by atoms with van der Waals surface area (Å²) in [6.45, 7) is 6.28. The molecule has 7 heteroatoms. The van der Waals surface area contributed by atoms with Gasteiger partial charge in [-0.05, 0) is 56.7 Å². The van der Waals surface area contributed by atoms with Crippen LogP contribution in [0.1, 0.15) is 60.4 Å². The third-order valence-electron chi connectivity index (χ3n) is 5.49. The Kier molecular flexibility index (Phi) is 6.65. The highest BCUT2D eigenvalue weighted by Crippen LogP contribution is 2.29. The minimum atomic E-state index is -0.412. The van der Waals surface area contributed by atoms with Gasteiger partial charge in [-0.1, -0.05) is 19.9 Å². The Labute approximate surface area is 165 Å². The van der Waals surface area contributed by atoms with E-state index < -0.39 is 5.54 Å². The smallest absolute Gasteiger partial charge is 0.272 e. The minimum absolute atomic E-state index is 0. The van der Waals surface area contributed by atoms with Gasteiger partial charge in [0, 0.05) is 23.3 Å². The summed E-state index contributed by atoms with van der Waals surface area (Å²) in [6.07, 6.45) is 4.11. The lowest BCUT2D eigenvalue weighted by molar-refractivity contribution is 0.0935. The normalized spacial score (nSPS) is 13.2. The Morgan fingerprint density at radius 3 is 2.67 bits per heavy atom. The number of halogens is 2. The third-order valence-corrected chi connectivity index (χ3v) is 5.49. The Balaban J connectivity index is 0.00000261. The summed E-state index contributed by atoms with van der Waals surface area (Å²) in [5.41, 5.74) is 9.37. The summed E-state index contributed by atoms with van der Waals surface area (Å²) in [7, 11) is 0. The van der Waals surface area contributed by atoms with Gasteiger partial charge in [-0.3, -0.25) is 4.79 Å². The van der Waals surface area contributed by atoms with E-state index in [9.17, 15) is 9.18 Å². The number of nitrogens with two attached hydrogens (primary N) is 1. The van der Waals surface area contributed by atoms with Gasteiger partial charge in [-0.25, -0.2) is 9.07 Å². The molecule has 1 aromatic carbocycles. The molecule has 1 aromatic heterocycles. The van der Waals surface area contributed by atoms with Crippen molar-refractivity contribution in [2.75, 3.05) is 6.54 Å². The van der Waals surface area contributed by atoms with Crippen LogP contribution in [-0.2, 0) is 12.8 Å². The van der Waals surface area contributed by atoms with E-state index in [1.54, 1.807) is 10.7 Å². The van der Waals surface area contributed by atoms with E-state index in [-0.39, 0.29) is 24.1 Å². The van der Waals surface area contributed by atoms with Crippen LogP contribution >= 0.6 is 12.4 Å². The van der Waals surface area contributed by atoms with E-state index >= 15 is 0 Å². The van der Waals surface area contributed by atoms with E-state index in [1.165, 1.54) is 6.07 Å². The zero-order chi connectivity index (χ0) is 18.9. The van der Waals surface area contributed by atoms with Crippen molar-refractivity contribution < 1.29 is 9.18 Å². The predicted molar refractivity (Wildman–Crippen MR) is 107 cm³/mol. The number of carbonyl (C=O) groups excluding carboxylic acids is 1. The lowest BCUT2D eigenvalue weighted by Crippen LogP contribution is -2.49. The van der Waals surface area contributed by atoms with Gasteiger partial charge in [0.1, 0.15) is 11.5 Å². The minimum Gasteiger partial charge on any atom is -0.349 e. The molecule has 27 heavy (non-hydrogen) atoms. The van der Waals surface area contributed by atoms with Gasteiger partial charge in [0.25, 0.3) is 5.91 Å². The number of aromatic nitrogens is 2. The van der Waals surface area contributed by atoms with Crippen LogP contribution in [0, 0.1) is 12.7 Å². The standard InChI is InChI=1S/C20H27FN4O.ClH/c1-4-20(22,5-2)12-23-19(26)18-14-7-6-8-16(14)25(24-18)17-10-9-13(3)11-15(17)21;/h9-11H,4-8,12,22H2,1-3H3,(H,23,26);1H. The van der Waals surface area contributed by atoms with Gasteiger partial charge in [0.15, 0.2) is 5.69 Å². The number of carbonyl (C=O) groups is 1. The summed E-state index contributed by atoms with van der Waals surface area (Å²) in [6, 6.07) is 5.06. The highest BCUT2D eigenvalue weighted by Gasteiger charge is 2.29. The Bertz CT molecular complexity index is 830. The number of amides is 1. The maximum atomic E-state index is 14.4. The zero-order valence-electron chi connectivity index (χ0n) is 16.1. The first-order chi connectivity index (χ1) is 12.4. The van der Waals surface area contributed by atoms with E-state index in [0.29, 0.717) is 17.9 Å². The molecule has 0 aliphatic heterocycles. The SMILES string of the molecule is CCC(N)(CC)CNC(=O)c1nn(-c2ccc(C)cc2F)c2c1CCC2.Cl. The second kappa shape index (κ2) is 8.40. The molecule has 3 rings (SSSR count). The molecule has 0 fully saturated rings. The summed E-state index contributed by atoms with van der Waals surface area (Å²) in [5, 5.41) is 7.39. The number of rotatable bonds is 6. The first-order valence-corrected chi connectivity index (χ1v) is 9.33. The molecule has 0 saturated carbocycles. The van der Waals surface area contributed by atoms with Crippen molar-refractivity contribution >= 4 is 18.3 Å². The fourth-order valence-electron chi connectivity index (χ4n) is 3.44. The molecule has 1 heterocycles. The van der Waals surface area contributed by atoms with Crippen LogP contribution in [0.2, 0.25) is 0 Å². The zero-order valence-corrected chi connectivity index (χ0v) is 17.0. The fraction of sp³-hybridized carbons (Fsp3) is 0.500. The van der Waals surface area contributed by atoms with Gasteiger partial charge < -0.3 is 11.1 Å². The summed E-state index contributed by atoms with van der Waals surface area (Å²) < 4.78 is 16.0. The van der Waals surface area contributed by atoms with E-state index in [0.717, 1.165) is 48.9 Å². The molecule has 1 amide bonds. The molecule has 0 radical (unpaired) electrons. The largest absolute Gasteiger partial charge is 0.349 e. The number of fused-ring (bicyclic) bond motifs is 1. The first kappa shape index (κ1) is 21.4. The quantitative estimate of drug-likeness (QED) is 0.787. The maximum Gasteiger partial charge on any atom is 0.272 e. The van der Waals surface area contributed by atoms with Crippen LogP contribution in [0.3, 0.4) is 0 Å². The lowest BCUT2D eigenvalue weighted by atomic mass is 9.94. The molecule has 5 nitrogen and oxygen atoms in total. The van der Waals surface area contributed by atoms with Crippen molar-refractivity contribution in [2.45, 2.75) is 58.4 Å². The van der Waals surface area contributed by atoms with E-state index in [2.05, 4.69) is 10.4 Å². The number of hydrogen-bond donors (Lipinski definition) is 2. The van der Waals surface area contributed by atoms with Crippen molar-refractivity contribution in [1.82, 2.24) is 15.1 Å². The van der Waals surface area contributed by atoms with Crippen LogP contribution in [0.4, 0.5) is 4.39 Å². The molecule has 2 aromatic rings. The highest BCUT2D eigenvalue weighted by molar-refractivity contribution is 5.94. The van der Waals surface area contributed by atoms with E-state index in [1.807, 2.05) is 26.8 Å². The van der Waals surface area contributed by atoms with Crippen molar-refractivity contribution in [3.05, 3.63) is 46.5 Å². The van der Waals surface area contributed by atoms with Gasteiger partial charge in [0.2, 0.25) is 0 Å². The van der Waals surface area contributed by atoms with Crippen LogP contribution in [0.15, 0.2) is 18.2 Å². The van der Waals surface area contributed by atoms with Crippen molar-refractivity contribution in [3.8, 4) is 5.69 Å². The number of nitrogens with zero attached hydrogens (tertiary/aromatic N) is 2. The molecule has 0 atom stereocenters. The molecule has 3 N–H and O–H groups in total. The van der Waals surface area contributed by atoms with Gasteiger partial charge in [-0.15, -0.1) is 12.4 Å². The third kappa shape index (κ3) is 4.17. The van der Waals surface area contributed by atoms with Crippen molar-refractivity contribution in [2.24, 2.45) is 5.73 Å². The Hall–Kier alpha value is -1.92. The van der Waals surface area contributed by atoms with Crippen molar-refractivity contribution in [3.63, 3.8) is 0 Å². The fourth-order valence-corrected chi connectivity index (χ4v) is 3.44.